The molecular weight excluding hydrogens is 428 g/mol. The van der Waals surface area contributed by atoms with Gasteiger partial charge in [-0.1, -0.05) is 23.8 Å². The Bertz CT molecular complexity index is 1110. The molecular formula is C24H24N2O7. The van der Waals surface area contributed by atoms with Gasteiger partial charge in [0.2, 0.25) is 29.4 Å². The number of rotatable bonds is 4. The van der Waals surface area contributed by atoms with Gasteiger partial charge in [-0.3, -0.25) is 29.8 Å². The maximum absolute atomic E-state index is 12.7. The standard InChI is InChI=1S/C24H24N2O7/c1-32-16-7-10(8-17(33-2)20(16)27)3-4-12-11-5-6-13-19(24(31)25-21(13)28)14(11)9-15-18(12)23(30)26-22(15)29/h3-5,7-8,12-15,18-19,27H,6,9H2,1-2H3,(H,25,28,31)(H,26,29,30)/t12-,13-,14+,15+,18-,19-/m0/s1. The summed E-state index contributed by atoms with van der Waals surface area (Å²) in [5.41, 5.74) is 1.59. The number of amides is 4. The number of fused-ring (bicyclic) bond motifs is 4. The second-order valence-corrected chi connectivity index (χ2v) is 8.91. The Morgan fingerprint density at radius 3 is 2.12 bits per heavy atom. The number of imide groups is 2. The number of aromatic hydroxyl groups is 1. The predicted molar refractivity (Wildman–Crippen MR) is 115 cm³/mol. The highest BCUT2D eigenvalue weighted by molar-refractivity contribution is 6.07. The van der Waals surface area contributed by atoms with E-state index in [1.807, 2.05) is 12.2 Å². The Balaban J connectivity index is 1.55. The van der Waals surface area contributed by atoms with Crippen molar-refractivity contribution in [3.8, 4) is 17.2 Å². The SMILES string of the molecule is COc1cc(C=C[C@H]2C3=CC[C@@H]4C(=O)NC(=O)[C@@H]4[C@@H]3C[C@H]3C(=O)NC(=O)[C@@H]23)cc(OC)c1O. The molecule has 4 amide bonds. The number of phenolic OH excluding ortho intramolecular Hbond substituents is 1. The molecule has 2 heterocycles. The van der Waals surface area contributed by atoms with E-state index in [2.05, 4.69) is 10.6 Å². The number of carbonyl (C=O) groups excluding carboxylic acids is 4. The Morgan fingerprint density at radius 1 is 0.879 bits per heavy atom. The van der Waals surface area contributed by atoms with Gasteiger partial charge in [0.05, 0.1) is 37.9 Å². The molecule has 3 fully saturated rings. The molecule has 5 rings (SSSR count). The Hall–Kier alpha value is -3.62. The largest absolute Gasteiger partial charge is 0.502 e. The van der Waals surface area contributed by atoms with Crippen LogP contribution >= 0.6 is 0 Å². The number of allylic oxidation sites excluding steroid dienone is 3. The topological polar surface area (TPSA) is 131 Å². The van der Waals surface area contributed by atoms with Crippen LogP contribution in [0.5, 0.6) is 17.2 Å². The van der Waals surface area contributed by atoms with Gasteiger partial charge in [-0.05, 0) is 36.5 Å². The molecule has 6 atom stereocenters. The average molecular weight is 452 g/mol. The molecule has 9 heteroatoms. The zero-order valence-electron chi connectivity index (χ0n) is 18.2. The highest BCUT2D eigenvalue weighted by atomic mass is 16.5. The molecule has 3 N–H and O–H groups in total. The maximum Gasteiger partial charge on any atom is 0.231 e. The van der Waals surface area contributed by atoms with Gasteiger partial charge in [0.25, 0.3) is 0 Å². The van der Waals surface area contributed by atoms with Crippen molar-refractivity contribution in [1.82, 2.24) is 10.6 Å². The van der Waals surface area contributed by atoms with Crippen molar-refractivity contribution in [1.29, 1.82) is 0 Å². The number of nitrogens with one attached hydrogen (secondary N) is 2. The number of methoxy groups -OCH3 is 2. The molecule has 2 aliphatic heterocycles. The van der Waals surface area contributed by atoms with Gasteiger partial charge < -0.3 is 14.6 Å². The zero-order valence-corrected chi connectivity index (χ0v) is 18.2. The van der Waals surface area contributed by atoms with Crippen LogP contribution in [0, 0.1) is 35.5 Å². The Morgan fingerprint density at radius 2 is 1.48 bits per heavy atom. The van der Waals surface area contributed by atoms with E-state index < -0.39 is 29.6 Å². The second-order valence-electron chi connectivity index (χ2n) is 8.91. The minimum absolute atomic E-state index is 0.117. The summed E-state index contributed by atoms with van der Waals surface area (Å²) in [6.45, 7) is 0. The quantitative estimate of drug-likeness (QED) is 0.462. The van der Waals surface area contributed by atoms with Gasteiger partial charge in [-0.15, -0.1) is 0 Å². The molecule has 9 nitrogen and oxygen atoms in total. The van der Waals surface area contributed by atoms with Crippen LogP contribution in [0.1, 0.15) is 18.4 Å². The van der Waals surface area contributed by atoms with Crippen LogP contribution in [-0.4, -0.2) is 43.0 Å². The van der Waals surface area contributed by atoms with Crippen molar-refractivity contribution < 1.29 is 33.8 Å². The Kier molecular flexibility index (Phi) is 4.99. The molecule has 0 radical (unpaired) electrons. The molecule has 0 aromatic heterocycles. The number of benzene rings is 1. The fourth-order valence-electron chi connectivity index (χ4n) is 5.89. The molecule has 33 heavy (non-hydrogen) atoms. The molecule has 172 valence electrons. The lowest BCUT2D eigenvalue weighted by molar-refractivity contribution is -0.128. The molecule has 2 saturated heterocycles. The summed E-state index contributed by atoms with van der Waals surface area (Å²) < 4.78 is 10.4. The first-order chi connectivity index (χ1) is 15.8. The lowest BCUT2D eigenvalue weighted by Gasteiger charge is -2.42. The first-order valence-electron chi connectivity index (χ1n) is 10.9. The molecule has 0 unspecified atom stereocenters. The summed E-state index contributed by atoms with van der Waals surface area (Å²) in [6, 6.07) is 3.28. The van der Waals surface area contributed by atoms with Gasteiger partial charge in [0, 0.05) is 5.92 Å². The van der Waals surface area contributed by atoms with E-state index in [0.29, 0.717) is 18.4 Å². The number of hydrogen-bond donors (Lipinski definition) is 3. The van der Waals surface area contributed by atoms with Crippen LogP contribution in [0.15, 0.2) is 29.9 Å². The second kappa shape index (κ2) is 7.75. The highest BCUT2D eigenvalue weighted by Crippen LogP contribution is 2.53. The van der Waals surface area contributed by atoms with Crippen molar-refractivity contribution in [2.75, 3.05) is 14.2 Å². The monoisotopic (exact) mass is 452 g/mol. The van der Waals surface area contributed by atoms with E-state index in [0.717, 1.165) is 5.57 Å². The number of hydrogen-bond acceptors (Lipinski definition) is 7. The van der Waals surface area contributed by atoms with Crippen LogP contribution in [0.4, 0.5) is 0 Å². The van der Waals surface area contributed by atoms with E-state index in [4.69, 9.17) is 9.47 Å². The number of carbonyl (C=O) groups is 4. The normalized spacial score (nSPS) is 32.6. The van der Waals surface area contributed by atoms with Gasteiger partial charge in [-0.2, -0.15) is 0 Å². The van der Waals surface area contributed by atoms with Crippen LogP contribution in [0.3, 0.4) is 0 Å². The molecule has 1 aromatic rings. The van der Waals surface area contributed by atoms with E-state index in [-0.39, 0.29) is 46.8 Å². The van der Waals surface area contributed by atoms with Gasteiger partial charge in [0.1, 0.15) is 0 Å². The van der Waals surface area contributed by atoms with Gasteiger partial charge >= 0.3 is 0 Å². The van der Waals surface area contributed by atoms with Crippen molar-refractivity contribution in [2.45, 2.75) is 12.8 Å². The minimum Gasteiger partial charge on any atom is -0.502 e. The van der Waals surface area contributed by atoms with Crippen molar-refractivity contribution in [3.05, 3.63) is 35.4 Å². The fraction of sp³-hybridized carbons (Fsp3) is 0.417. The lowest BCUT2D eigenvalue weighted by atomic mass is 9.58. The summed E-state index contributed by atoms with van der Waals surface area (Å²) in [6.07, 6.45) is 6.39. The fourth-order valence-corrected chi connectivity index (χ4v) is 5.89. The van der Waals surface area contributed by atoms with E-state index in [1.165, 1.54) is 14.2 Å². The third-order valence-electron chi connectivity index (χ3n) is 7.39. The predicted octanol–water partition coefficient (Wildman–Crippen LogP) is 1.17. The van der Waals surface area contributed by atoms with Crippen LogP contribution < -0.4 is 20.1 Å². The third kappa shape index (κ3) is 3.21. The zero-order chi connectivity index (χ0) is 23.4. The molecule has 2 aliphatic carbocycles. The maximum atomic E-state index is 12.7. The van der Waals surface area contributed by atoms with Crippen molar-refractivity contribution >= 4 is 29.7 Å². The van der Waals surface area contributed by atoms with Crippen molar-refractivity contribution in [2.24, 2.45) is 35.5 Å². The third-order valence-corrected chi connectivity index (χ3v) is 7.39. The summed E-state index contributed by atoms with van der Waals surface area (Å²) in [7, 11) is 2.87. The number of ether oxygens (including phenoxy) is 2. The van der Waals surface area contributed by atoms with E-state index in [1.54, 1.807) is 18.2 Å². The number of phenols is 1. The van der Waals surface area contributed by atoms with Crippen LogP contribution in [-0.2, 0) is 19.2 Å². The molecule has 0 bridgehead atoms. The van der Waals surface area contributed by atoms with Crippen molar-refractivity contribution in [3.63, 3.8) is 0 Å². The first kappa shape index (κ1) is 21.2. The van der Waals surface area contributed by atoms with E-state index >= 15 is 0 Å². The summed E-state index contributed by atoms with van der Waals surface area (Å²) in [5.74, 6) is -3.65. The van der Waals surface area contributed by atoms with Crippen LogP contribution in [0.25, 0.3) is 6.08 Å². The molecule has 1 saturated carbocycles. The van der Waals surface area contributed by atoms with Gasteiger partial charge in [0.15, 0.2) is 11.5 Å². The Labute approximate surface area is 189 Å². The summed E-state index contributed by atoms with van der Waals surface area (Å²) in [5, 5.41) is 15.0. The van der Waals surface area contributed by atoms with Gasteiger partial charge in [-0.25, -0.2) is 0 Å². The lowest BCUT2D eigenvalue weighted by Crippen LogP contribution is -2.43. The first-order valence-corrected chi connectivity index (χ1v) is 10.9. The summed E-state index contributed by atoms with van der Waals surface area (Å²) >= 11 is 0. The van der Waals surface area contributed by atoms with E-state index in [9.17, 15) is 24.3 Å². The molecule has 0 spiro atoms. The molecule has 1 aromatic carbocycles. The average Bonchev–Trinajstić information content (AvgIpc) is 3.26. The smallest absolute Gasteiger partial charge is 0.231 e. The van der Waals surface area contributed by atoms with Crippen LogP contribution in [0.2, 0.25) is 0 Å². The molecule has 4 aliphatic rings. The minimum atomic E-state index is -0.575. The summed E-state index contributed by atoms with van der Waals surface area (Å²) in [4.78, 5) is 50.1. The highest BCUT2D eigenvalue weighted by Gasteiger charge is 2.57.